The Labute approximate surface area is 213 Å². The van der Waals surface area contributed by atoms with E-state index in [4.69, 9.17) is 4.74 Å². The number of thiazole rings is 1. The van der Waals surface area contributed by atoms with Crippen LogP contribution < -0.4 is 9.61 Å². The molecule has 0 atom stereocenters. The van der Waals surface area contributed by atoms with Crippen LogP contribution in [0.1, 0.15) is 52.5 Å². The lowest BCUT2D eigenvalue weighted by Gasteiger charge is -2.14. The molecule has 0 amide bonds. The minimum absolute atomic E-state index is 0.0221. The van der Waals surface area contributed by atoms with Crippen LogP contribution in [0.2, 0.25) is 0 Å². The molecule has 182 valence electrons. The molecule has 36 heavy (non-hydrogen) atoms. The smallest absolute Gasteiger partial charge is 0.308 e. The largest absolute Gasteiger partial charge is 0.472 e. The molecule has 3 aromatic carbocycles. The Kier molecular flexibility index (Phi) is 6.57. The van der Waals surface area contributed by atoms with Gasteiger partial charge in [0.25, 0.3) is 0 Å². The molecule has 0 bridgehead atoms. The molecule has 2 aromatic heterocycles. The van der Waals surface area contributed by atoms with Gasteiger partial charge >= 0.3 is 4.87 Å². The number of aromatic nitrogens is 3. The van der Waals surface area contributed by atoms with E-state index in [0.29, 0.717) is 30.2 Å². The van der Waals surface area contributed by atoms with Crippen LogP contribution in [0, 0.1) is 6.92 Å². The zero-order valence-electron chi connectivity index (χ0n) is 20.5. The zero-order chi connectivity index (χ0) is 25.2. The molecule has 0 aliphatic heterocycles. The fraction of sp³-hybridized carbons (Fsp3) is 0.207. The molecule has 0 radical (unpaired) electrons. The third-order valence-corrected chi connectivity index (χ3v) is 7.16. The van der Waals surface area contributed by atoms with E-state index in [1.165, 1.54) is 11.3 Å². The number of benzene rings is 3. The molecule has 7 heteroatoms. The maximum absolute atomic E-state index is 13.8. The molecule has 0 spiro atoms. The summed E-state index contributed by atoms with van der Waals surface area (Å²) in [6.07, 6.45) is 1.58. The summed E-state index contributed by atoms with van der Waals surface area (Å²) in [5.41, 5.74) is 4.56. The lowest BCUT2D eigenvalue weighted by Crippen LogP contribution is -2.15. The molecule has 5 aromatic rings. The molecule has 2 heterocycles. The van der Waals surface area contributed by atoms with Crippen molar-refractivity contribution in [2.24, 2.45) is 0 Å². The van der Waals surface area contributed by atoms with E-state index in [1.807, 2.05) is 87.5 Å². The number of hydrogen-bond acceptors (Lipinski definition) is 5. The van der Waals surface area contributed by atoms with Crippen molar-refractivity contribution >= 4 is 27.3 Å². The van der Waals surface area contributed by atoms with Gasteiger partial charge in [0.05, 0.1) is 29.0 Å². The highest BCUT2D eigenvalue weighted by atomic mass is 32.1. The number of fused-ring (bicyclic) bond motifs is 1. The minimum Gasteiger partial charge on any atom is -0.472 e. The van der Waals surface area contributed by atoms with Gasteiger partial charge in [-0.3, -0.25) is 14.2 Å². The maximum Gasteiger partial charge on any atom is 0.308 e. The quantitative estimate of drug-likeness (QED) is 0.246. The normalized spacial score (nSPS) is 11.3. The molecular weight excluding hydrogens is 470 g/mol. The van der Waals surface area contributed by atoms with Crippen molar-refractivity contribution in [3.63, 3.8) is 0 Å². The Morgan fingerprint density at radius 1 is 0.944 bits per heavy atom. The number of carbonyl (C=O) groups is 1. The molecular formula is C29H27N3O3S. The number of ether oxygens (including phenoxy) is 1. The van der Waals surface area contributed by atoms with Crippen LogP contribution in [-0.2, 0) is 13.2 Å². The Balaban J connectivity index is 1.55. The van der Waals surface area contributed by atoms with Gasteiger partial charge in [0.2, 0.25) is 5.88 Å². The lowest BCUT2D eigenvalue weighted by atomic mass is 9.99. The first-order valence-corrected chi connectivity index (χ1v) is 12.7. The SMILES string of the molecule is Cc1c(C(=O)c2cnn(C(C)C)c2OCc2ccccc2)ccc2sc(=O)n(Cc3ccccc3)c12. The predicted octanol–water partition coefficient (Wildman–Crippen LogP) is 6.01. The first-order chi connectivity index (χ1) is 17.4. The number of ketones is 1. The van der Waals surface area contributed by atoms with Gasteiger partial charge in [-0.1, -0.05) is 72.0 Å². The van der Waals surface area contributed by atoms with E-state index in [9.17, 15) is 9.59 Å². The van der Waals surface area contributed by atoms with Crippen LogP contribution in [0.5, 0.6) is 5.88 Å². The fourth-order valence-electron chi connectivity index (χ4n) is 4.38. The molecule has 0 N–H and O–H groups in total. The molecule has 6 nitrogen and oxygen atoms in total. The number of rotatable bonds is 8. The molecule has 0 fully saturated rings. The van der Waals surface area contributed by atoms with E-state index < -0.39 is 0 Å². The average Bonchev–Trinajstić information content (AvgIpc) is 3.45. The first kappa shape index (κ1) is 23.8. The van der Waals surface area contributed by atoms with Gasteiger partial charge in [0, 0.05) is 5.56 Å². The Morgan fingerprint density at radius 2 is 1.61 bits per heavy atom. The highest BCUT2D eigenvalue weighted by Gasteiger charge is 2.25. The van der Waals surface area contributed by atoms with Crippen molar-refractivity contribution < 1.29 is 9.53 Å². The van der Waals surface area contributed by atoms with Gasteiger partial charge in [-0.25, -0.2) is 4.68 Å². The summed E-state index contributed by atoms with van der Waals surface area (Å²) in [7, 11) is 0. The van der Waals surface area contributed by atoms with Gasteiger partial charge in [0.15, 0.2) is 5.78 Å². The van der Waals surface area contributed by atoms with Crippen molar-refractivity contribution in [3.8, 4) is 5.88 Å². The third kappa shape index (κ3) is 4.50. The van der Waals surface area contributed by atoms with Crippen molar-refractivity contribution in [3.05, 3.63) is 116 Å². The highest BCUT2D eigenvalue weighted by Crippen LogP contribution is 2.30. The molecule has 0 unspecified atom stereocenters. The van der Waals surface area contributed by atoms with Crippen molar-refractivity contribution in [1.82, 2.24) is 14.3 Å². The van der Waals surface area contributed by atoms with Crippen molar-refractivity contribution in [2.75, 3.05) is 0 Å². The van der Waals surface area contributed by atoms with Crippen molar-refractivity contribution in [1.29, 1.82) is 0 Å². The van der Waals surface area contributed by atoms with Gasteiger partial charge in [0.1, 0.15) is 12.2 Å². The molecule has 0 aliphatic rings. The zero-order valence-corrected chi connectivity index (χ0v) is 21.3. The summed E-state index contributed by atoms with van der Waals surface area (Å²) in [5, 5.41) is 4.46. The number of nitrogens with zero attached hydrogens (tertiary/aromatic N) is 3. The summed E-state index contributed by atoms with van der Waals surface area (Å²) in [4.78, 5) is 26.7. The summed E-state index contributed by atoms with van der Waals surface area (Å²) < 4.78 is 10.5. The van der Waals surface area contributed by atoms with Gasteiger partial charge in [-0.15, -0.1) is 0 Å². The van der Waals surface area contributed by atoms with Crippen LogP contribution in [0.4, 0.5) is 0 Å². The van der Waals surface area contributed by atoms with Crippen LogP contribution >= 0.6 is 11.3 Å². The van der Waals surface area contributed by atoms with E-state index in [0.717, 1.165) is 26.9 Å². The third-order valence-electron chi connectivity index (χ3n) is 6.21. The van der Waals surface area contributed by atoms with E-state index in [-0.39, 0.29) is 16.7 Å². The summed E-state index contributed by atoms with van der Waals surface area (Å²) >= 11 is 1.20. The Hall–Kier alpha value is -3.97. The monoisotopic (exact) mass is 497 g/mol. The summed E-state index contributed by atoms with van der Waals surface area (Å²) in [5.74, 6) is 0.277. The number of carbonyl (C=O) groups excluding carboxylic acids is 1. The van der Waals surface area contributed by atoms with Crippen molar-refractivity contribution in [2.45, 2.75) is 40.0 Å². The number of aryl methyl sites for hydroxylation is 1. The van der Waals surface area contributed by atoms with Gasteiger partial charge in [-0.05, 0) is 49.6 Å². The van der Waals surface area contributed by atoms with Crippen LogP contribution in [0.15, 0.2) is 83.8 Å². The highest BCUT2D eigenvalue weighted by molar-refractivity contribution is 7.16. The standard InChI is InChI=1S/C29H27N3O3S/c1-19(2)32-28(35-18-22-12-8-5-9-13-22)24(16-30-32)27(33)23-14-15-25-26(20(23)3)31(29(34)36-25)17-21-10-6-4-7-11-21/h4-16,19H,17-18H2,1-3H3. The van der Waals surface area contributed by atoms with Gasteiger partial charge in [-0.2, -0.15) is 5.10 Å². The summed E-state index contributed by atoms with van der Waals surface area (Å²) in [6, 6.07) is 23.4. The predicted molar refractivity (Wildman–Crippen MR) is 143 cm³/mol. The topological polar surface area (TPSA) is 66.1 Å². The second-order valence-corrected chi connectivity index (χ2v) is 10.0. The first-order valence-electron chi connectivity index (χ1n) is 11.9. The van der Waals surface area contributed by atoms with Crippen LogP contribution in [-0.4, -0.2) is 20.1 Å². The molecule has 0 saturated heterocycles. The molecule has 0 saturated carbocycles. The lowest BCUT2D eigenvalue weighted by molar-refractivity contribution is 0.103. The maximum atomic E-state index is 13.8. The summed E-state index contributed by atoms with van der Waals surface area (Å²) in [6.45, 7) is 6.69. The number of hydrogen-bond donors (Lipinski definition) is 0. The minimum atomic E-state index is -0.172. The Bertz CT molecular complexity index is 1580. The van der Waals surface area contributed by atoms with Crippen LogP contribution in [0.3, 0.4) is 0 Å². The second-order valence-electron chi connectivity index (χ2n) is 9.03. The fourth-order valence-corrected chi connectivity index (χ4v) is 5.33. The van der Waals surface area contributed by atoms with E-state index in [2.05, 4.69) is 5.10 Å². The second kappa shape index (κ2) is 9.95. The van der Waals surface area contributed by atoms with Gasteiger partial charge < -0.3 is 4.74 Å². The van der Waals surface area contributed by atoms with Crippen LogP contribution in [0.25, 0.3) is 10.2 Å². The molecule has 5 rings (SSSR count). The Morgan fingerprint density at radius 3 is 2.28 bits per heavy atom. The van der Waals surface area contributed by atoms with E-state index in [1.54, 1.807) is 21.5 Å². The average molecular weight is 498 g/mol. The van der Waals surface area contributed by atoms with E-state index >= 15 is 0 Å². The molecule has 0 aliphatic carbocycles.